The van der Waals surface area contributed by atoms with Crippen LogP contribution in [0.3, 0.4) is 0 Å². The number of carboxylic acids is 1. The van der Waals surface area contributed by atoms with Crippen LogP contribution in [0.1, 0.15) is 19.8 Å². The Labute approximate surface area is 115 Å². The first kappa shape index (κ1) is 19.1. The number of carbonyl (C=O) groups excluding carboxylic acids is 2. The zero-order valence-electron chi connectivity index (χ0n) is 10.7. The lowest BCUT2D eigenvalue weighted by atomic mass is 10.1. The van der Waals surface area contributed by atoms with E-state index in [2.05, 4.69) is 4.74 Å². The second-order valence-electron chi connectivity index (χ2n) is 3.78. The topological polar surface area (TPSA) is 92.7 Å². The Balaban J connectivity index is 4.76. The second kappa shape index (κ2) is 7.18. The third kappa shape index (κ3) is 5.52. The minimum absolute atomic E-state index is 0.0188. The molecule has 0 fully saturated rings. The summed E-state index contributed by atoms with van der Waals surface area (Å²) in [4.78, 5) is 32.5. The van der Waals surface area contributed by atoms with Crippen LogP contribution in [0.25, 0.3) is 0 Å². The first-order valence-corrected chi connectivity index (χ1v) is 5.57. The van der Waals surface area contributed by atoms with Crippen LogP contribution in [0.5, 0.6) is 0 Å². The number of hydrogen-bond acceptors (Lipinski definition) is 4. The summed E-state index contributed by atoms with van der Waals surface area (Å²) >= 11 is 0. The molecule has 11 heteroatoms. The SMILES string of the molecule is CCOC(=O)CC[C@H](NC(=O)C(F)(F)C(F)(F)F)C(=O)O. The van der Waals surface area contributed by atoms with E-state index in [0.29, 0.717) is 0 Å². The fourth-order valence-electron chi connectivity index (χ4n) is 1.13. The largest absolute Gasteiger partial charge is 0.480 e. The van der Waals surface area contributed by atoms with Gasteiger partial charge in [0.05, 0.1) is 6.61 Å². The van der Waals surface area contributed by atoms with Crippen molar-refractivity contribution in [1.29, 1.82) is 0 Å². The maximum atomic E-state index is 12.6. The number of aliphatic carboxylic acids is 1. The Hall–Kier alpha value is -1.94. The van der Waals surface area contributed by atoms with E-state index in [-0.39, 0.29) is 6.61 Å². The minimum Gasteiger partial charge on any atom is -0.480 e. The zero-order chi connectivity index (χ0) is 16.8. The average Bonchev–Trinajstić information content (AvgIpc) is 2.32. The van der Waals surface area contributed by atoms with Crippen molar-refractivity contribution in [3.63, 3.8) is 0 Å². The van der Waals surface area contributed by atoms with Crippen molar-refractivity contribution >= 4 is 17.8 Å². The van der Waals surface area contributed by atoms with Crippen molar-refractivity contribution < 1.29 is 46.2 Å². The molecule has 0 heterocycles. The van der Waals surface area contributed by atoms with E-state index in [9.17, 15) is 36.3 Å². The smallest absolute Gasteiger partial charge is 0.463 e. The Bertz CT molecular complexity index is 409. The fourth-order valence-corrected chi connectivity index (χ4v) is 1.13. The molecule has 1 atom stereocenters. The van der Waals surface area contributed by atoms with Crippen LogP contribution in [-0.4, -0.2) is 47.7 Å². The van der Waals surface area contributed by atoms with Crippen LogP contribution in [0.15, 0.2) is 0 Å². The second-order valence-corrected chi connectivity index (χ2v) is 3.78. The summed E-state index contributed by atoms with van der Waals surface area (Å²) in [5, 5.41) is 9.68. The van der Waals surface area contributed by atoms with Gasteiger partial charge in [-0.15, -0.1) is 0 Å². The van der Waals surface area contributed by atoms with Gasteiger partial charge in [0.15, 0.2) is 0 Å². The van der Waals surface area contributed by atoms with Crippen LogP contribution in [0.4, 0.5) is 22.0 Å². The van der Waals surface area contributed by atoms with Gasteiger partial charge in [-0.3, -0.25) is 9.59 Å². The van der Waals surface area contributed by atoms with E-state index < -0.39 is 48.8 Å². The highest BCUT2D eigenvalue weighted by molar-refractivity contribution is 5.88. The Morgan fingerprint density at radius 1 is 1.19 bits per heavy atom. The lowest BCUT2D eigenvalue weighted by Crippen LogP contribution is -2.54. The molecule has 0 saturated carbocycles. The molecular weight excluding hydrogens is 309 g/mol. The van der Waals surface area contributed by atoms with Crippen LogP contribution >= 0.6 is 0 Å². The fraction of sp³-hybridized carbons (Fsp3) is 0.700. The predicted molar refractivity (Wildman–Crippen MR) is 56.4 cm³/mol. The van der Waals surface area contributed by atoms with Crippen LogP contribution in [0, 0.1) is 0 Å². The number of amides is 1. The molecule has 0 aliphatic heterocycles. The lowest BCUT2D eigenvalue weighted by molar-refractivity contribution is -0.270. The molecule has 0 rings (SSSR count). The summed E-state index contributed by atoms with van der Waals surface area (Å²) in [5.41, 5.74) is 0. The van der Waals surface area contributed by atoms with Gasteiger partial charge >= 0.3 is 29.9 Å². The van der Waals surface area contributed by atoms with Gasteiger partial charge in [0.1, 0.15) is 6.04 Å². The summed E-state index contributed by atoms with van der Waals surface area (Å²) in [6, 6.07) is -2.07. The third-order valence-electron chi connectivity index (χ3n) is 2.19. The van der Waals surface area contributed by atoms with Crippen molar-refractivity contribution in [1.82, 2.24) is 5.32 Å². The minimum atomic E-state index is -6.15. The molecule has 0 bridgehead atoms. The molecule has 1 amide bonds. The highest BCUT2D eigenvalue weighted by atomic mass is 19.4. The molecule has 122 valence electrons. The number of hydrogen-bond donors (Lipinski definition) is 2. The number of nitrogens with one attached hydrogen (secondary N) is 1. The molecule has 0 aromatic heterocycles. The van der Waals surface area contributed by atoms with Gasteiger partial charge in [-0.25, -0.2) is 4.79 Å². The highest BCUT2D eigenvalue weighted by Crippen LogP contribution is 2.35. The molecule has 21 heavy (non-hydrogen) atoms. The first-order chi connectivity index (χ1) is 9.43. The monoisotopic (exact) mass is 321 g/mol. The number of ether oxygens (including phenoxy) is 1. The first-order valence-electron chi connectivity index (χ1n) is 5.57. The molecule has 0 aliphatic rings. The Morgan fingerprint density at radius 3 is 2.10 bits per heavy atom. The number of rotatable bonds is 7. The van der Waals surface area contributed by atoms with Crippen molar-refractivity contribution in [3.05, 3.63) is 0 Å². The van der Waals surface area contributed by atoms with Crippen molar-refractivity contribution in [2.24, 2.45) is 0 Å². The normalized spacial score (nSPS) is 13.4. The number of alkyl halides is 5. The average molecular weight is 321 g/mol. The van der Waals surface area contributed by atoms with Crippen LogP contribution < -0.4 is 5.32 Å². The maximum Gasteiger partial charge on any atom is 0.463 e. The lowest BCUT2D eigenvalue weighted by Gasteiger charge is -2.21. The van der Waals surface area contributed by atoms with E-state index in [0.717, 1.165) is 5.32 Å². The van der Waals surface area contributed by atoms with E-state index in [1.54, 1.807) is 0 Å². The van der Waals surface area contributed by atoms with Crippen molar-refractivity contribution in [3.8, 4) is 0 Å². The summed E-state index contributed by atoms with van der Waals surface area (Å²) in [6.07, 6.45) is -7.40. The number of carboxylic acid groups (broad SMARTS) is 1. The molecule has 0 unspecified atom stereocenters. The highest BCUT2D eigenvalue weighted by Gasteiger charge is 2.63. The molecule has 0 aromatic carbocycles. The van der Waals surface area contributed by atoms with Gasteiger partial charge in [0.2, 0.25) is 0 Å². The molecule has 0 aliphatic carbocycles. The summed E-state index contributed by atoms with van der Waals surface area (Å²) < 4.78 is 65.5. The van der Waals surface area contributed by atoms with Crippen molar-refractivity contribution in [2.45, 2.75) is 37.9 Å². The summed E-state index contributed by atoms with van der Waals surface area (Å²) in [6.45, 7) is 1.44. The number of esters is 1. The predicted octanol–water partition coefficient (Wildman–Crippen LogP) is 1.10. The van der Waals surface area contributed by atoms with E-state index in [1.165, 1.54) is 6.92 Å². The standard InChI is InChI=1S/C10H12F5NO5/c1-2-21-6(17)4-3-5(7(18)19)16-8(20)9(11,12)10(13,14)15/h5H,2-4H2,1H3,(H,16,20)(H,18,19)/t5-/m0/s1. The zero-order valence-corrected chi connectivity index (χ0v) is 10.7. The molecule has 0 aromatic rings. The number of carbonyl (C=O) groups is 3. The van der Waals surface area contributed by atoms with E-state index >= 15 is 0 Å². The van der Waals surface area contributed by atoms with Crippen LogP contribution in [0.2, 0.25) is 0 Å². The van der Waals surface area contributed by atoms with Gasteiger partial charge in [-0.2, -0.15) is 22.0 Å². The van der Waals surface area contributed by atoms with E-state index in [1.807, 2.05) is 0 Å². The van der Waals surface area contributed by atoms with Gasteiger partial charge in [0.25, 0.3) is 0 Å². The summed E-state index contributed by atoms with van der Waals surface area (Å²) in [5.74, 6) is -11.3. The molecule has 0 spiro atoms. The number of halogens is 5. The van der Waals surface area contributed by atoms with Crippen LogP contribution in [-0.2, 0) is 19.1 Å². The molecule has 2 N–H and O–H groups in total. The van der Waals surface area contributed by atoms with Gasteiger partial charge < -0.3 is 15.2 Å². The Kier molecular flexibility index (Phi) is 6.52. The maximum absolute atomic E-state index is 12.6. The van der Waals surface area contributed by atoms with Gasteiger partial charge in [-0.1, -0.05) is 0 Å². The molecular formula is C10H12F5NO5. The quantitative estimate of drug-likeness (QED) is 0.541. The molecule has 0 radical (unpaired) electrons. The van der Waals surface area contributed by atoms with Gasteiger partial charge in [0, 0.05) is 6.42 Å². The van der Waals surface area contributed by atoms with E-state index in [4.69, 9.17) is 5.11 Å². The summed E-state index contributed by atoms with van der Waals surface area (Å²) in [7, 11) is 0. The molecule has 0 saturated heterocycles. The Morgan fingerprint density at radius 2 is 1.71 bits per heavy atom. The van der Waals surface area contributed by atoms with Gasteiger partial charge in [-0.05, 0) is 13.3 Å². The third-order valence-corrected chi connectivity index (χ3v) is 2.19. The van der Waals surface area contributed by atoms with Crippen molar-refractivity contribution in [2.75, 3.05) is 6.61 Å². The molecule has 6 nitrogen and oxygen atoms in total.